The minimum atomic E-state index is -0.979. The number of hydrogen-bond acceptors (Lipinski definition) is 6. The van der Waals surface area contributed by atoms with E-state index in [1.54, 1.807) is 42.9 Å². The SMILES string of the molecule is O=C(C1=C([O-])C(=O)N(CCC[n+]2cc[nH]c2)C1c1ccc([N+](=O)[O-])cc1)c1cc2ccccc2o1. The fourth-order valence-electron chi connectivity index (χ4n) is 4.34. The first kappa shape index (κ1) is 22.1. The summed E-state index contributed by atoms with van der Waals surface area (Å²) in [7, 11) is 0. The molecule has 1 aliphatic heterocycles. The van der Waals surface area contributed by atoms with Crippen LogP contribution in [0.2, 0.25) is 0 Å². The van der Waals surface area contributed by atoms with Crippen molar-refractivity contribution in [3.05, 3.63) is 106 Å². The summed E-state index contributed by atoms with van der Waals surface area (Å²) in [5.41, 5.74) is 0.561. The number of ketones is 1. The number of amides is 1. The quantitative estimate of drug-likeness (QED) is 0.181. The Morgan fingerprint density at radius 2 is 1.94 bits per heavy atom. The van der Waals surface area contributed by atoms with Crippen LogP contribution in [0.4, 0.5) is 5.69 Å². The maximum atomic E-state index is 13.5. The third kappa shape index (κ3) is 4.05. The van der Waals surface area contributed by atoms with Gasteiger partial charge in [0.15, 0.2) is 5.76 Å². The molecule has 0 fully saturated rings. The zero-order chi connectivity index (χ0) is 24.5. The van der Waals surface area contributed by atoms with Gasteiger partial charge < -0.3 is 14.4 Å². The average molecular weight is 472 g/mol. The Kier molecular flexibility index (Phi) is 5.61. The number of aromatic nitrogens is 2. The van der Waals surface area contributed by atoms with E-state index in [9.17, 15) is 24.8 Å². The number of carbonyl (C=O) groups is 2. The number of nitrogens with one attached hydrogen (secondary N) is 1. The zero-order valence-electron chi connectivity index (χ0n) is 18.4. The van der Waals surface area contributed by atoms with Gasteiger partial charge in [0, 0.05) is 36.1 Å². The third-order valence-electron chi connectivity index (χ3n) is 6.02. The highest BCUT2D eigenvalue weighted by Crippen LogP contribution is 2.39. The maximum absolute atomic E-state index is 13.5. The number of aryl methyl sites for hydroxylation is 1. The molecule has 2 aromatic heterocycles. The Bertz CT molecular complexity index is 1420. The lowest BCUT2D eigenvalue weighted by Gasteiger charge is -2.27. The van der Waals surface area contributed by atoms with Gasteiger partial charge in [-0.25, -0.2) is 4.57 Å². The Labute approximate surface area is 198 Å². The van der Waals surface area contributed by atoms with Gasteiger partial charge in [0.25, 0.3) is 5.69 Å². The average Bonchev–Trinajstić information content (AvgIpc) is 3.59. The van der Waals surface area contributed by atoms with Crippen LogP contribution in [0.5, 0.6) is 0 Å². The Morgan fingerprint density at radius 3 is 2.63 bits per heavy atom. The molecular formula is C25H20N4O6. The summed E-state index contributed by atoms with van der Waals surface area (Å²) in [6.45, 7) is 0.794. The molecule has 0 radical (unpaired) electrons. The smallest absolute Gasteiger partial charge is 0.269 e. The van der Waals surface area contributed by atoms with Crippen LogP contribution in [0.25, 0.3) is 11.0 Å². The molecule has 0 saturated carbocycles. The second-order valence-electron chi connectivity index (χ2n) is 8.17. The van der Waals surface area contributed by atoms with E-state index in [1.807, 2.05) is 10.8 Å². The van der Waals surface area contributed by atoms with Crippen molar-refractivity contribution in [3.8, 4) is 0 Å². The molecule has 4 aromatic rings. The highest BCUT2D eigenvalue weighted by atomic mass is 16.6. The van der Waals surface area contributed by atoms with Crippen molar-refractivity contribution >= 4 is 28.3 Å². The second kappa shape index (κ2) is 8.90. The van der Waals surface area contributed by atoms with Crippen molar-refractivity contribution in [1.29, 1.82) is 0 Å². The van der Waals surface area contributed by atoms with Gasteiger partial charge in [0.2, 0.25) is 18.0 Å². The summed E-state index contributed by atoms with van der Waals surface area (Å²) in [5, 5.41) is 24.9. The number of benzene rings is 2. The van der Waals surface area contributed by atoms with Crippen LogP contribution in [0, 0.1) is 10.1 Å². The molecule has 1 aliphatic rings. The van der Waals surface area contributed by atoms with Crippen molar-refractivity contribution < 1.29 is 28.6 Å². The zero-order valence-corrected chi connectivity index (χ0v) is 18.4. The molecule has 3 heterocycles. The van der Waals surface area contributed by atoms with E-state index in [4.69, 9.17) is 4.42 Å². The van der Waals surface area contributed by atoms with Gasteiger partial charge in [-0.3, -0.25) is 24.7 Å². The van der Waals surface area contributed by atoms with Crippen LogP contribution in [0.1, 0.15) is 28.6 Å². The normalized spacial score (nSPS) is 15.8. The summed E-state index contributed by atoms with van der Waals surface area (Å²) < 4.78 is 7.57. The van der Waals surface area contributed by atoms with Crippen LogP contribution in [0.15, 0.2) is 89.1 Å². The van der Waals surface area contributed by atoms with Gasteiger partial charge in [0.1, 0.15) is 18.0 Å². The van der Waals surface area contributed by atoms with E-state index in [0.29, 0.717) is 29.5 Å². The minimum Gasteiger partial charge on any atom is -0.868 e. The molecule has 10 nitrogen and oxygen atoms in total. The molecule has 0 saturated heterocycles. The lowest BCUT2D eigenvalue weighted by Crippen LogP contribution is -2.37. The molecule has 0 spiro atoms. The summed E-state index contributed by atoms with van der Waals surface area (Å²) in [6, 6.07) is 13.1. The molecule has 0 aliphatic carbocycles. The molecule has 1 atom stereocenters. The first-order valence-corrected chi connectivity index (χ1v) is 11.0. The lowest BCUT2D eigenvalue weighted by molar-refractivity contribution is -0.695. The number of carbonyl (C=O) groups excluding carboxylic acids is 2. The van der Waals surface area contributed by atoms with Gasteiger partial charge in [-0.05, 0) is 35.6 Å². The number of para-hydroxylation sites is 1. The van der Waals surface area contributed by atoms with Crippen molar-refractivity contribution in [2.24, 2.45) is 0 Å². The van der Waals surface area contributed by atoms with Crippen molar-refractivity contribution in [2.45, 2.75) is 19.0 Å². The first-order chi connectivity index (χ1) is 16.9. The maximum Gasteiger partial charge on any atom is 0.269 e. The summed E-state index contributed by atoms with van der Waals surface area (Å²) in [4.78, 5) is 41.4. The Morgan fingerprint density at radius 1 is 1.17 bits per heavy atom. The van der Waals surface area contributed by atoms with E-state index in [1.165, 1.54) is 29.2 Å². The molecule has 5 rings (SSSR count). The standard InChI is InChI=1S/C25H20N4O6/c30-23(20-14-17-4-1-2-5-19(17)35-20)21-22(16-6-8-18(9-7-16)29(33)34)28(25(32)24(21)31)12-3-11-27-13-10-26-15-27/h1-2,4-10,13-15,22H,3,11-12H2,(H,30,31). The molecular weight excluding hydrogens is 452 g/mol. The molecule has 0 bridgehead atoms. The van der Waals surface area contributed by atoms with E-state index in [0.717, 1.165) is 0 Å². The van der Waals surface area contributed by atoms with Gasteiger partial charge in [-0.1, -0.05) is 18.2 Å². The summed E-state index contributed by atoms with van der Waals surface area (Å²) in [5.74, 6) is -2.40. The van der Waals surface area contributed by atoms with Crippen molar-refractivity contribution in [1.82, 2.24) is 9.88 Å². The second-order valence-corrected chi connectivity index (χ2v) is 8.17. The van der Waals surface area contributed by atoms with Gasteiger partial charge >= 0.3 is 0 Å². The van der Waals surface area contributed by atoms with Crippen LogP contribution in [-0.2, 0) is 11.3 Å². The molecule has 10 heteroatoms. The number of imidazole rings is 1. The number of hydrogen-bond donors (Lipinski definition) is 1. The fraction of sp³-hybridized carbons (Fsp3) is 0.160. The number of aromatic amines is 1. The summed E-state index contributed by atoms with van der Waals surface area (Å²) in [6.07, 6.45) is 5.90. The van der Waals surface area contributed by atoms with Gasteiger partial charge in [-0.15, -0.1) is 0 Å². The molecule has 1 unspecified atom stereocenters. The van der Waals surface area contributed by atoms with Crippen molar-refractivity contribution in [2.75, 3.05) is 6.54 Å². The van der Waals surface area contributed by atoms with Crippen LogP contribution in [-0.4, -0.2) is 33.0 Å². The number of Topliss-reactive ketones (excluding diaryl/α,β-unsaturated/α-hetero) is 1. The van der Waals surface area contributed by atoms with Crippen LogP contribution in [0.3, 0.4) is 0 Å². The highest BCUT2D eigenvalue weighted by molar-refractivity contribution is 6.15. The predicted octanol–water partition coefficient (Wildman–Crippen LogP) is 2.43. The number of nitro groups is 1. The topological polar surface area (TPSA) is 136 Å². The summed E-state index contributed by atoms with van der Waals surface area (Å²) >= 11 is 0. The number of nitro benzene ring substituents is 1. The minimum absolute atomic E-state index is 0.0426. The number of fused-ring (bicyclic) bond motifs is 1. The van der Waals surface area contributed by atoms with Gasteiger partial charge in [-0.2, -0.15) is 0 Å². The van der Waals surface area contributed by atoms with E-state index >= 15 is 0 Å². The number of non-ortho nitro benzene ring substituents is 1. The highest BCUT2D eigenvalue weighted by Gasteiger charge is 2.40. The molecule has 2 aromatic carbocycles. The van der Waals surface area contributed by atoms with Crippen LogP contribution >= 0.6 is 0 Å². The monoisotopic (exact) mass is 472 g/mol. The molecule has 1 N–H and O–H groups in total. The molecule has 176 valence electrons. The van der Waals surface area contributed by atoms with E-state index in [-0.39, 0.29) is 23.6 Å². The number of H-pyrrole nitrogens is 1. The molecule has 35 heavy (non-hydrogen) atoms. The lowest BCUT2D eigenvalue weighted by atomic mass is 9.94. The van der Waals surface area contributed by atoms with Crippen molar-refractivity contribution in [3.63, 3.8) is 0 Å². The van der Waals surface area contributed by atoms with Gasteiger partial charge in [0.05, 0.1) is 17.5 Å². The first-order valence-electron chi connectivity index (χ1n) is 11.0. The number of rotatable bonds is 8. The fourth-order valence-corrected chi connectivity index (χ4v) is 4.34. The molecule has 1 amide bonds. The number of furan rings is 1. The van der Waals surface area contributed by atoms with E-state index in [2.05, 4.69) is 4.98 Å². The van der Waals surface area contributed by atoms with Crippen LogP contribution < -0.4 is 9.67 Å². The third-order valence-corrected chi connectivity index (χ3v) is 6.02. The largest absolute Gasteiger partial charge is 0.868 e. The number of nitrogens with zero attached hydrogens (tertiary/aromatic N) is 3. The Balaban J connectivity index is 1.51. The predicted molar refractivity (Wildman–Crippen MR) is 121 cm³/mol. The Hall–Kier alpha value is -4.73. The van der Waals surface area contributed by atoms with E-state index < -0.39 is 28.4 Å².